The first-order valence-electron chi connectivity index (χ1n) is 5.18. The van der Waals surface area contributed by atoms with Crippen LogP contribution in [0.25, 0.3) is 11.3 Å². The lowest BCUT2D eigenvalue weighted by atomic mass is 10.1. The first-order chi connectivity index (χ1) is 8.71. The number of rotatable bonds is 4. The Balaban J connectivity index is 2.56. The Morgan fingerprint density at radius 3 is 2.72 bits per heavy atom. The minimum atomic E-state index is -0.172. The molecule has 1 aromatic carbocycles. The molecule has 0 amide bonds. The Morgan fingerprint density at radius 2 is 2.11 bits per heavy atom. The van der Waals surface area contributed by atoms with E-state index in [1.165, 1.54) is 0 Å². The third-order valence-electron chi connectivity index (χ3n) is 2.56. The summed E-state index contributed by atoms with van der Waals surface area (Å²) in [7, 11) is 3.15. The number of benzene rings is 1. The van der Waals surface area contributed by atoms with Crippen LogP contribution in [0.3, 0.4) is 0 Å². The van der Waals surface area contributed by atoms with E-state index in [-0.39, 0.29) is 6.61 Å². The molecule has 0 saturated carbocycles. The Morgan fingerprint density at radius 1 is 1.33 bits per heavy atom. The first-order valence-corrected chi connectivity index (χ1v) is 5.97. The van der Waals surface area contributed by atoms with Crippen LogP contribution in [-0.4, -0.2) is 24.5 Å². The van der Waals surface area contributed by atoms with E-state index in [4.69, 9.17) is 14.0 Å². The molecule has 2 aromatic rings. The molecule has 0 radical (unpaired) electrons. The van der Waals surface area contributed by atoms with Gasteiger partial charge in [0.2, 0.25) is 4.67 Å². The topological polar surface area (TPSA) is 64.7 Å². The van der Waals surface area contributed by atoms with E-state index >= 15 is 0 Å². The quantitative estimate of drug-likeness (QED) is 0.940. The van der Waals surface area contributed by atoms with Crippen LogP contribution in [0.5, 0.6) is 11.5 Å². The van der Waals surface area contributed by atoms with Crippen LogP contribution in [0.2, 0.25) is 0 Å². The minimum absolute atomic E-state index is 0.172. The molecule has 0 spiro atoms. The zero-order chi connectivity index (χ0) is 13.1. The van der Waals surface area contributed by atoms with Crippen LogP contribution in [0, 0.1) is 0 Å². The van der Waals surface area contributed by atoms with Crippen molar-refractivity contribution < 1.29 is 19.1 Å². The second-order valence-corrected chi connectivity index (χ2v) is 4.23. The monoisotopic (exact) mass is 313 g/mol. The van der Waals surface area contributed by atoms with Gasteiger partial charge in [-0.1, -0.05) is 5.16 Å². The number of halogens is 1. The van der Waals surface area contributed by atoms with Crippen molar-refractivity contribution in [2.24, 2.45) is 0 Å². The molecule has 1 N–H and O–H groups in total. The average molecular weight is 314 g/mol. The predicted molar refractivity (Wildman–Crippen MR) is 68.7 cm³/mol. The first kappa shape index (κ1) is 12.9. The van der Waals surface area contributed by atoms with Gasteiger partial charge < -0.3 is 19.1 Å². The molecule has 18 heavy (non-hydrogen) atoms. The van der Waals surface area contributed by atoms with Crippen LogP contribution in [0.15, 0.2) is 27.4 Å². The van der Waals surface area contributed by atoms with Crippen molar-refractivity contribution in [3.8, 4) is 22.8 Å². The Kier molecular flexibility index (Phi) is 3.88. The zero-order valence-corrected chi connectivity index (χ0v) is 11.5. The minimum Gasteiger partial charge on any atom is -0.497 e. The SMILES string of the molecule is COc1ccc(-c2noc(Br)c2CO)c(OC)c1. The maximum atomic E-state index is 9.32. The van der Waals surface area contributed by atoms with Gasteiger partial charge in [-0.05, 0) is 28.1 Å². The van der Waals surface area contributed by atoms with E-state index < -0.39 is 0 Å². The van der Waals surface area contributed by atoms with Gasteiger partial charge >= 0.3 is 0 Å². The highest BCUT2D eigenvalue weighted by Gasteiger charge is 2.18. The van der Waals surface area contributed by atoms with Crippen molar-refractivity contribution >= 4 is 15.9 Å². The van der Waals surface area contributed by atoms with Gasteiger partial charge in [-0.15, -0.1) is 0 Å². The molecule has 96 valence electrons. The molecule has 0 saturated heterocycles. The van der Waals surface area contributed by atoms with Gasteiger partial charge in [0, 0.05) is 11.6 Å². The fourth-order valence-electron chi connectivity index (χ4n) is 1.63. The maximum absolute atomic E-state index is 9.32. The number of aromatic nitrogens is 1. The lowest BCUT2D eigenvalue weighted by Gasteiger charge is -2.09. The molecule has 0 atom stereocenters. The normalized spacial score (nSPS) is 10.4. The summed E-state index contributed by atoms with van der Waals surface area (Å²) in [5.74, 6) is 1.29. The molecule has 5 nitrogen and oxygen atoms in total. The second kappa shape index (κ2) is 5.41. The van der Waals surface area contributed by atoms with Crippen molar-refractivity contribution in [2.45, 2.75) is 6.61 Å². The summed E-state index contributed by atoms with van der Waals surface area (Å²) < 4.78 is 15.9. The second-order valence-electron chi connectivity index (χ2n) is 3.51. The molecule has 1 aromatic heterocycles. The highest BCUT2D eigenvalue weighted by Crippen LogP contribution is 2.36. The molecule has 0 unspecified atom stereocenters. The summed E-state index contributed by atoms with van der Waals surface area (Å²) >= 11 is 3.19. The molecular formula is C12H12BrNO4. The lowest BCUT2D eigenvalue weighted by molar-refractivity contribution is 0.278. The Labute approximate surface area is 112 Å². The van der Waals surface area contributed by atoms with Gasteiger partial charge in [-0.25, -0.2) is 0 Å². The number of aliphatic hydroxyl groups is 1. The summed E-state index contributed by atoms with van der Waals surface area (Å²) in [6.07, 6.45) is 0. The van der Waals surface area contributed by atoms with E-state index in [0.717, 1.165) is 5.56 Å². The molecule has 0 aliphatic carbocycles. The van der Waals surface area contributed by atoms with E-state index in [1.54, 1.807) is 32.4 Å². The smallest absolute Gasteiger partial charge is 0.208 e. The number of hydrogen-bond donors (Lipinski definition) is 1. The summed E-state index contributed by atoms with van der Waals surface area (Å²) in [4.78, 5) is 0. The number of nitrogens with zero attached hydrogens (tertiary/aromatic N) is 1. The molecule has 0 aliphatic heterocycles. The summed E-state index contributed by atoms with van der Waals surface area (Å²) in [5, 5.41) is 13.2. The Hall–Kier alpha value is -1.53. The fraction of sp³-hybridized carbons (Fsp3) is 0.250. The van der Waals surface area contributed by atoms with Crippen LogP contribution in [0.4, 0.5) is 0 Å². The third-order valence-corrected chi connectivity index (χ3v) is 3.19. The number of aliphatic hydroxyl groups excluding tert-OH is 1. The molecular weight excluding hydrogens is 302 g/mol. The van der Waals surface area contributed by atoms with Crippen LogP contribution < -0.4 is 9.47 Å². The van der Waals surface area contributed by atoms with Crippen molar-refractivity contribution in [2.75, 3.05) is 14.2 Å². The van der Waals surface area contributed by atoms with Crippen molar-refractivity contribution in [3.63, 3.8) is 0 Å². The van der Waals surface area contributed by atoms with Crippen LogP contribution in [-0.2, 0) is 6.61 Å². The Bertz CT molecular complexity index is 553. The van der Waals surface area contributed by atoms with Gasteiger partial charge in [0.25, 0.3) is 0 Å². The van der Waals surface area contributed by atoms with E-state index in [9.17, 15) is 5.11 Å². The van der Waals surface area contributed by atoms with E-state index in [2.05, 4.69) is 21.1 Å². The third kappa shape index (κ3) is 2.21. The van der Waals surface area contributed by atoms with Gasteiger partial charge in [-0.2, -0.15) is 0 Å². The fourth-order valence-corrected chi connectivity index (χ4v) is 2.02. The number of methoxy groups -OCH3 is 2. The standard InChI is InChI=1S/C12H12BrNO4/c1-16-7-3-4-8(10(5-7)17-2)11-9(6-15)12(13)18-14-11/h3-5,15H,6H2,1-2H3. The number of hydrogen-bond acceptors (Lipinski definition) is 5. The van der Waals surface area contributed by atoms with E-state index in [0.29, 0.717) is 27.4 Å². The highest BCUT2D eigenvalue weighted by atomic mass is 79.9. The molecule has 0 aliphatic rings. The lowest BCUT2D eigenvalue weighted by Crippen LogP contribution is -1.93. The van der Waals surface area contributed by atoms with Crippen molar-refractivity contribution in [1.82, 2.24) is 5.16 Å². The summed E-state index contributed by atoms with van der Waals surface area (Å²) in [6.45, 7) is -0.172. The van der Waals surface area contributed by atoms with Gasteiger partial charge in [0.1, 0.15) is 17.2 Å². The van der Waals surface area contributed by atoms with Gasteiger partial charge in [0.15, 0.2) is 0 Å². The average Bonchev–Trinajstić information content (AvgIpc) is 2.78. The van der Waals surface area contributed by atoms with Crippen LogP contribution >= 0.6 is 15.9 Å². The number of ether oxygens (including phenoxy) is 2. The van der Waals surface area contributed by atoms with E-state index in [1.807, 2.05) is 0 Å². The van der Waals surface area contributed by atoms with Crippen molar-refractivity contribution in [1.29, 1.82) is 0 Å². The predicted octanol–water partition coefficient (Wildman–Crippen LogP) is 2.61. The molecule has 0 fully saturated rings. The molecule has 6 heteroatoms. The highest BCUT2D eigenvalue weighted by molar-refractivity contribution is 9.10. The van der Waals surface area contributed by atoms with Crippen LogP contribution in [0.1, 0.15) is 5.56 Å². The molecule has 0 bridgehead atoms. The van der Waals surface area contributed by atoms with Crippen molar-refractivity contribution in [3.05, 3.63) is 28.4 Å². The molecule has 1 heterocycles. The van der Waals surface area contributed by atoms with Gasteiger partial charge in [-0.3, -0.25) is 0 Å². The molecule has 2 rings (SSSR count). The maximum Gasteiger partial charge on any atom is 0.208 e. The van der Waals surface area contributed by atoms with Gasteiger partial charge in [0.05, 0.1) is 26.4 Å². The summed E-state index contributed by atoms with van der Waals surface area (Å²) in [5.41, 5.74) is 1.86. The summed E-state index contributed by atoms with van der Waals surface area (Å²) in [6, 6.07) is 5.35. The zero-order valence-electron chi connectivity index (χ0n) is 9.94. The largest absolute Gasteiger partial charge is 0.497 e.